The van der Waals surface area contributed by atoms with Gasteiger partial charge in [0.05, 0.1) is 11.4 Å². The summed E-state index contributed by atoms with van der Waals surface area (Å²) in [7, 11) is 1.77. The minimum absolute atomic E-state index is 0.193. The van der Waals surface area contributed by atoms with Crippen LogP contribution < -0.4 is 10.6 Å². The molecule has 0 bridgehead atoms. The second-order valence-corrected chi connectivity index (χ2v) is 4.27. The quantitative estimate of drug-likeness (QED) is 0.753. The third-order valence-electron chi connectivity index (χ3n) is 2.56. The molecule has 86 valence electrons. The summed E-state index contributed by atoms with van der Waals surface area (Å²) >= 11 is 5.89. The van der Waals surface area contributed by atoms with E-state index in [4.69, 9.17) is 11.6 Å². The molecule has 0 aliphatic carbocycles. The molecule has 0 saturated carbocycles. The number of rotatable bonds is 0. The predicted molar refractivity (Wildman–Crippen MR) is 65.9 cm³/mol. The smallest absolute Gasteiger partial charge is 0.261 e. The molecule has 0 fully saturated rings. The van der Waals surface area contributed by atoms with Gasteiger partial charge in [-0.2, -0.15) is 5.10 Å². The molecule has 3 rings (SSSR count). The van der Waals surface area contributed by atoms with Gasteiger partial charge in [0.25, 0.3) is 5.91 Å². The van der Waals surface area contributed by atoms with Crippen molar-refractivity contribution in [1.82, 2.24) is 9.78 Å². The van der Waals surface area contributed by atoms with Crippen molar-refractivity contribution in [3.63, 3.8) is 0 Å². The van der Waals surface area contributed by atoms with Gasteiger partial charge < -0.3 is 10.6 Å². The van der Waals surface area contributed by atoms with Crippen LogP contribution in [0.3, 0.4) is 0 Å². The first-order valence-corrected chi connectivity index (χ1v) is 5.43. The average molecular weight is 249 g/mol. The molecule has 1 amide bonds. The standard InChI is InChI=1S/C11H9ClN4O/c1-16-5-7-10(15-16)13-8-3-2-6(12)4-9(8)14-11(7)17/h2-5H,1H3,(H,13,15)(H,14,17). The second kappa shape index (κ2) is 3.49. The number of carbonyl (C=O) groups excluding carboxylic acids is 1. The van der Waals surface area contributed by atoms with Crippen LogP contribution in [0.4, 0.5) is 17.2 Å². The van der Waals surface area contributed by atoms with Gasteiger partial charge in [-0.3, -0.25) is 9.48 Å². The summed E-state index contributed by atoms with van der Waals surface area (Å²) in [6.07, 6.45) is 1.67. The summed E-state index contributed by atoms with van der Waals surface area (Å²) < 4.78 is 1.60. The van der Waals surface area contributed by atoms with Crippen molar-refractivity contribution in [2.75, 3.05) is 10.6 Å². The maximum absolute atomic E-state index is 11.9. The highest BCUT2D eigenvalue weighted by Gasteiger charge is 2.21. The summed E-state index contributed by atoms with van der Waals surface area (Å²) in [5.41, 5.74) is 1.95. The summed E-state index contributed by atoms with van der Waals surface area (Å²) in [6.45, 7) is 0. The van der Waals surface area contributed by atoms with Crippen LogP contribution in [0.1, 0.15) is 10.4 Å². The van der Waals surface area contributed by atoms with Gasteiger partial charge in [0.2, 0.25) is 0 Å². The van der Waals surface area contributed by atoms with E-state index in [2.05, 4.69) is 15.7 Å². The van der Waals surface area contributed by atoms with Crippen LogP contribution >= 0.6 is 11.6 Å². The van der Waals surface area contributed by atoms with Crippen LogP contribution in [0.25, 0.3) is 0 Å². The molecular weight excluding hydrogens is 240 g/mol. The van der Waals surface area contributed by atoms with Gasteiger partial charge >= 0.3 is 0 Å². The number of hydrogen-bond acceptors (Lipinski definition) is 3. The molecule has 2 aromatic rings. The Morgan fingerprint density at radius 3 is 2.94 bits per heavy atom. The molecule has 1 aromatic carbocycles. The van der Waals surface area contributed by atoms with Gasteiger partial charge in [-0.05, 0) is 18.2 Å². The van der Waals surface area contributed by atoms with Crippen molar-refractivity contribution in [1.29, 1.82) is 0 Å². The van der Waals surface area contributed by atoms with Crippen molar-refractivity contribution in [2.24, 2.45) is 7.05 Å². The van der Waals surface area contributed by atoms with Crippen LogP contribution in [0, 0.1) is 0 Å². The average Bonchev–Trinajstić information content (AvgIpc) is 2.58. The zero-order valence-corrected chi connectivity index (χ0v) is 9.75. The lowest BCUT2D eigenvalue weighted by atomic mass is 10.2. The first kappa shape index (κ1) is 10.2. The summed E-state index contributed by atoms with van der Waals surface area (Å²) in [5, 5.41) is 10.7. The second-order valence-electron chi connectivity index (χ2n) is 3.83. The highest BCUT2D eigenvalue weighted by Crippen LogP contribution is 2.32. The molecule has 2 N–H and O–H groups in total. The minimum Gasteiger partial charge on any atom is -0.336 e. The van der Waals surface area contributed by atoms with Gasteiger partial charge in [0.15, 0.2) is 5.82 Å². The number of aryl methyl sites for hydroxylation is 1. The van der Waals surface area contributed by atoms with E-state index < -0.39 is 0 Å². The predicted octanol–water partition coefficient (Wildman–Crippen LogP) is 2.38. The molecule has 0 atom stereocenters. The number of nitrogens with zero attached hydrogens (tertiary/aromatic N) is 2. The van der Waals surface area contributed by atoms with Gasteiger partial charge in [0, 0.05) is 18.3 Å². The Morgan fingerprint density at radius 1 is 1.29 bits per heavy atom. The van der Waals surface area contributed by atoms with Crippen molar-refractivity contribution < 1.29 is 4.79 Å². The highest BCUT2D eigenvalue weighted by atomic mass is 35.5. The number of carbonyl (C=O) groups is 1. The normalized spacial score (nSPS) is 13.2. The topological polar surface area (TPSA) is 59.0 Å². The molecule has 5 nitrogen and oxygen atoms in total. The Bertz CT molecular complexity index is 620. The number of nitrogens with one attached hydrogen (secondary N) is 2. The Hall–Kier alpha value is -2.01. The zero-order chi connectivity index (χ0) is 12.0. The number of aromatic nitrogens is 2. The van der Waals surface area contributed by atoms with Crippen LogP contribution in [-0.4, -0.2) is 15.7 Å². The number of hydrogen-bond donors (Lipinski definition) is 2. The van der Waals surface area contributed by atoms with E-state index in [1.165, 1.54) is 0 Å². The Labute approximate surface area is 102 Å². The van der Waals surface area contributed by atoms with Gasteiger partial charge in [-0.1, -0.05) is 11.6 Å². The zero-order valence-electron chi connectivity index (χ0n) is 8.99. The summed E-state index contributed by atoms with van der Waals surface area (Å²) in [4.78, 5) is 11.9. The number of fused-ring (bicyclic) bond motifs is 2. The lowest BCUT2D eigenvalue weighted by molar-refractivity contribution is 0.102. The Kier molecular flexibility index (Phi) is 2.09. The molecule has 1 aliphatic heterocycles. The summed E-state index contributed by atoms with van der Waals surface area (Å²) in [5.74, 6) is 0.354. The van der Waals surface area contributed by atoms with E-state index in [1.54, 1.807) is 30.1 Å². The number of amides is 1. The highest BCUT2D eigenvalue weighted by molar-refractivity contribution is 6.31. The fraction of sp³-hybridized carbons (Fsp3) is 0.0909. The molecular formula is C11H9ClN4O. The lowest BCUT2D eigenvalue weighted by Gasteiger charge is -2.07. The van der Waals surface area contributed by atoms with Crippen molar-refractivity contribution in [3.05, 3.63) is 35.0 Å². The van der Waals surface area contributed by atoms with E-state index >= 15 is 0 Å². The van der Waals surface area contributed by atoms with E-state index in [-0.39, 0.29) is 5.91 Å². The lowest BCUT2D eigenvalue weighted by Crippen LogP contribution is -2.09. The van der Waals surface area contributed by atoms with Gasteiger partial charge in [-0.15, -0.1) is 0 Å². The van der Waals surface area contributed by atoms with E-state index in [0.717, 1.165) is 5.69 Å². The molecule has 1 aliphatic rings. The van der Waals surface area contributed by atoms with Crippen LogP contribution in [0.5, 0.6) is 0 Å². The molecule has 0 unspecified atom stereocenters. The summed E-state index contributed by atoms with van der Waals surface area (Å²) in [6, 6.07) is 5.27. The third kappa shape index (κ3) is 1.64. The molecule has 6 heteroatoms. The largest absolute Gasteiger partial charge is 0.336 e. The van der Waals surface area contributed by atoms with E-state index in [9.17, 15) is 4.79 Å². The van der Waals surface area contributed by atoms with Gasteiger partial charge in [0.1, 0.15) is 5.56 Å². The molecule has 0 saturated heterocycles. The maximum atomic E-state index is 11.9. The molecule has 0 radical (unpaired) electrons. The monoisotopic (exact) mass is 248 g/mol. The van der Waals surface area contributed by atoms with Crippen molar-refractivity contribution >= 4 is 34.7 Å². The Morgan fingerprint density at radius 2 is 2.12 bits per heavy atom. The first-order chi connectivity index (χ1) is 8.13. The van der Waals surface area contributed by atoms with E-state index in [0.29, 0.717) is 22.1 Å². The fourth-order valence-electron chi connectivity index (χ4n) is 1.79. The third-order valence-corrected chi connectivity index (χ3v) is 2.79. The number of benzene rings is 1. The molecule has 0 spiro atoms. The first-order valence-electron chi connectivity index (χ1n) is 5.05. The van der Waals surface area contributed by atoms with Crippen molar-refractivity contribution in [2.45, 2.75) is 0 Å². The minimum atomic E-state index is -0.193. The fourth-order valence-corrected chi connectivity index (χ4v) is 1.97. The van der Waals surface area contributed by atoms with E-state index in [1.807, 2.05) is 6.07 Å². The SMILES string of the molecule is Cn1cc2c(n1)Nc1ccc(Cl)cc1NC2=O. The van der Waals surface area contributed by atoms with Crippen molar-refractivity contribution in [3.8, 4) is 0 Å². The molecule has 1 aromatic heterocycles. The maximum Gasteiger partial charge on any atom is 0.261 e. The van der Waals surface area contributed by atoms with Crippen LogP contribution in [-0.2, 0) is 7.05 Å². The molecule has 17 heavy (non-hydrogen) atoms. The number of halogens is 1. The molecule has 2 heterocycles. The van der Waals surface area contributed by atoms with Crippen LogP contribution in [0.15, 0.2) is 24.4 Å². The van der Waals surface area contributed by atoms with Crippen LogP contribution in [0.2, 0.25) is 5.02 Å². The van der Waals surface area contributed by atoms with Gasteiger partial charge in [-0.25, -0.2) is 0 Å². The number of anilines is 3. The Balaban J connectivity index is 2.15.